The van der Waals surface area contributed by atoms with Gasteiger partial charge in [-0.15, -0.1) is 0 Å². The molecule has 0 amide bonds. The van der Waals surface area contributed by atoms with Crippen LogP contribution in [0, 0.1) is 11.8 Å². The largest absolute Gasteiger partial charge is 0.0651 e. The molecule has 2 unspecified atom stereocenters. The summed E-state index contributed by atoms with van der Waals surface area (Å²) in [7, 11) is 0. The van der Waals surface area contributed by atoms with E-state index >= 15 is 0 Å². The van der Waals surface area contributed by atoms with Crippen LogP contribution in [0.2, 0.25) is 0 Å². The van der Waals surface area contributed by atoms with Gasteiger partial charge in [-0.25, -0.2) is 0 Å². The maximum absolute atomic E-state index is 2.40. The Balaban J connectivity index is 1.82. The van der Waals surface area contributed by atoms with Crippen LogP contribution in [0.5, 0.6) is 0 Å². The highest BCUT2D eigenvalue weighted by Gasteiger charge is 2.22. The monoisotopic (exact) mass is 258 g/mol. The molecule has 2 rings (SSSR count). The molecule has 1 aliphatic carbocycles. The molecule has 2 atom stereocenters. The molecule has 1 aromatic rings. The molecule has 1 aliphatic rings. The lowest BCUT2D eigenvalue weighted by molar-refractivity contribution is 0.224. The van der Waals surface area contributed by atoms with Crippen molar-refractivity contribution in [1.82, 2.24) is 0 Å². The highest BCUT2D eigenvalue weighted by molar-refractivity contribution is 5.18. The summed E-state index contributed by atoms with van der Waals surface area (Å²) < 4.78 is 0. The zero-order valence-electron chi connectivity index (χ0n) is 12.8. The number of rotatable bonds is 6. The number of benzene rings is 1. The van der Waals surface area contributed by atoms with Crippen LogP contribution >= 0.6 is 0 Å². The SMILES string of the molecule is CCC(CCC(C)c1ccccc1)C1CCCCC1. The van der Waals surface area contributed by atoms with Gasteiger partial charge in [0, 0.05) is 0 Å². The first-order chi connectivity index (χ1) is 9.31. The summed E-state index contributed by atoms with van der Waals surface area (Å²) in [4.78, 5) is 0. The molecule has 0 N–H and O–H groups in total. The number of hydrogen-bond donors (Lipinski definition) is 0. The Hall–Kier alpha value is -0.780. The molecule has 1 fully saturated rings. The van der Waals surface area contributed by atoms with Gasteiger partial charge in [0.25, 0.3) is 0 Å². The zero-order valence-corrected chi connectivity index (χ0v) is 12.8. The Bertz CT molecular complexity index is 334. The van der Waals surface area contributed by atoms with Gasteiger partial charge in [-0.05, 0) is 36.2 Å². The maximum atomic E-state index is 2.40. The van der Waals surface area contributed by atoms with Crippen molar-refractivity contribution in [2.24, 2.45) is 11.8 Å². The second-order valence-corrected chi connectivity index (χ2v) is 6.46. The van der Waals surface area contributed by atoms with E-state index in [0.29, 0.717) is 0 Å². The minimum absolute atomic E-state index is 0.721. The Morgan fingerprint density at radius 1 is 1.00 bits per heavy atom. The molecule has 0 aromatic heterocycles. The molecule has 0 spiro atoms. The van der Waals surface area contributed by atoms with E-state index in [1.807, 2.05) is 0 Å². The molecule has 0 heteroatoms. The molecule has 0 nitrogen and oxygen atoms in total. The van der Waals surface area contributed by atoms with Crippen LogP contribution in [-0.4, -0.2) is 0 Å². The van der Waals surface area contributed by atoms with Gasteiger partial charge in [-0.2, -0.15) is 0 Å². The summed E-state index contributed by atoms with van der Waals surface area (Å²) in [5.41, 5.74) is 1.51. The van der Waals surface area contributed by atoms with E-state index in [2.05, 4.69) is 44.2 Å². The van der Waals surface area contributed by atoms with Gasteiger partial charge in [0.1, 0.15) is 0 Å². The molecule has 0 radical (unpaired) electrons. The molecule has 0 heterocycles. The van der Waals surface area contributed by atoms with Gasteiger partial charge >= 0.3 is 0 Å². The first-order valence-electron chi connectivity index (χ1n) is 8.36. The van der Waals surface area contributed by atoms with Crippen LogP contribution in [0.1, 0.15) is 76.7 Å². The fraction of sp³-hybridized carbons (Fsp3) is 0.684. The molecular formula is C19H30. The molecule has 1 aromatic carbocycles. The van der Waals surface area contributed by atoms with Crippen molar-refractivity contribution in [2.45, 2.75) is 71.1 Å². The van der Waals surface area contributed by atoms with Crippen molar-refractivity contribution in [1.29, 1.82) is 0 Å². The zero-order chi connectivity index (χ0) is 13.5. The minimum Gasteiger partial charge on any atom is -0.0651 e. The van der Waals surface area contributed by atoms with Gasteiger partial charge in [-0.3, -0.25) is 0 Å². The molecule has 0 aliphatic heterocycles. The lowest BCUT2D eigenvalue weighted by Crippen LogP contribution is -2.18. The molecular weight excluding hydrogens is 228 g/mol. The lowest BCUT2D eigenvalue weighted by Gasteiger charge is -2.30. The predicted octanol–water partition coefficient (Wildman–Crippen LogP) is 6.18. The summed E-state index contributed by atoms with van der Waals surface area (Å²) in [6, 6.07) is 11.0. The smallest absolute Gasteiger partial charge is 0.0190 e. The topological polar surface area (TPSA) is 0 Å². The van der Waals surface area contributed by atoms with Crippen molar-refractivity contribution >= 4 is 0 Å². The fourth-order valence-corrected chi connectivity index (χ4v) is 3.79. The van der Waals surface area contributed by atoms with Crippen LogP contribution in [-0.2, 0) is 0 Å². The second-order valence-electron chi connectivity index (χ2n) is 6.46. The molecule has 1 saturated carbocycles. The van der Waals surface area contributed by atoms with E-state index in [4.69, 9.17) is 0 Å². The Kier molecular flexibility index (Phi) is 5.94. The maximum Gasteiger partial charge on any atom is -0.0190 e. The Morgan fingerprint density at radius 2 is 1.68 bits per heavy atom. The van der Waals surface area contributed by atoms with Crippen LogP contribution in [0.4, 0.5) is 0 Å². The molecule has 0 bridgehead atoms. The van der Waals surface area contributed by atoms with E-state index < -0.39 is 0 Å². The fourth-order valence-electron chi connectivity index (χ4n) is 3.79. The first kappa shape index (κ1) is 14.6. The van der Waals surface area contributed by atoms with Crippen molar-refractivity contribution in [2.75, 3.05) is 0 Å². The van der Waals surface area contributed by atoms with Crippen molar-refractivity contribution < 1.29 is 0 Å². The standard InChI is InChI=1S/C19H30/c1-3-17(19-12-8-5-9-13-19)15-14-16(2)18-10-6-4-7-11-18/h4,6-7,10-11,16-17,19H,3,5,8-9,12-15H2,1-2H3. The average molecular weight is 258 g/mol. The normalized spacial score (nSPS) is 20.1. The van der Waals surface area contributed by atoms with Crippen LogP contribution in [0.25, 0.3) is 0 Å². The van der Waals surface area contributed by atoms with Crippen LogP contribution in [0.3, 0.4) is 0 Å². The highest BCUT2D eigenvalue weighted by atomic mass is 14.3. The summed E-state index contributed by atoms with van der Waals surface area (Å²) in [6.45, 7) is 4.79. The quantitative estimate of drug-likeness (QED) is 0.572. The summed E-state index contributed by atoms with van der Waals surface area (Å²) in [6.07, 6.45) is 11.6. The third-order valence-electron chi connectivity index (χ3n) is 5.18. The van der Waals surface area contributed by atoms with Gasteiger partial charge < -0.3 is 0 Å². The van der Waals surface area contributed by atoms with Gasteiger partial charge in [-0.1, -0.05) is 82.7 Å². The molecule has 19 heavy (non-hydrogen) atoms. The predicted molar refractivity (Wildman–Crippen MR) is 84.4 cm³/mol. The molecule has 0 saturated heterocycles. The van der Waals surface area contributed by atoms with Crippen LogP contribution < -0.4 is 0 Å². The summed E-state index contributed by atoms with van der Waals surface area (Å²) in [5.74, 6) is 2.73. The first-order valence-corrected chi connectivity index (χ1v) is 8.36. The average Bonchev–Trinajstić information content (AvgIpc) is 2.49. The van der Waals surface area contributed by atoms with E-state index in [9.17, 15) is 0 Å². The summed E-state index contributed by atoms with van der Waals surface area (Å²) >= 11 is 0. The van der Waals surface area contributed by atoms with Gasteiger partial charge in [0.2, 0.25) is 0 Å². The van der Waals surface area contributed by atoms with E-state index in [0.717, 1.165) is 17.8 Å². The van der Waals surface area contributed by atoms with Crippen molar-refractivity contribution in [3.63, 3.8) is 0 Å². The van der Waals surface area contributed by atoms with Crippen molar-refractivity contribution in [3.8, 4) is 0 Å². The molecule has 106 valence electrons. The Morgan fingerprint density at radius 3 is 2.32 bits per heavy atom. The van der Waals surface area contributed by atoms with E-state index in [1.165, 1.54) is 56.9 Å². The second kappa shape index (κ2) is 7.72. The minimum atomic E-state index is 0.721. The van der Waals surface area contributed by atoms with Crippen molar-refractivity contribution in [3.05, 3.63) is 35.9 Å². The highest BCUT2D eigenvalue weighted by Crippen LogP contribution is 2.35. The third kappa shape index (κ3) is 4.37. The lowest BCUT2D eigenvalue weighted by atomic mass is 9.76. The number of hydrogen-bond acceptors (Lipinski definition) is 0. The third-order valence-corrected chi connectivity index (χ3v) is 5.18. The van der Waals surface area contributed by atoms with Gasteiger partial charge in [0.15, 0.2) is 0 Å². The van der Waals surface area contributed by atoms with E-state index in [1.54, 1.807) is 0 Å². The Labute approximate surface area is 119 Å². The van der Waals surface area contributed by atoms with E-state index in [-0.39, 0.29) is 0 Å². The van der Waals surface area contributed by atoms with Crippen LogP contribution in [0.15, 0.2) is 30.3 Å². The summed E-state index contributed by atoms with van der Waals surface area (Å²) in [5, 5.41) is 0. The van der Waals surface area contributed by atoms with Gasteiger partial charge in [0.05, 0.1) is 0 Å².